The summed E-state index contributed by atoms with van der Waals surface area (Å²) in [6.45, 7) is 6.05. The third-order valence-corrected chi connectivity index (χ3v) is 3.21. The molecule has 0 bridgehead atoms. The summed E-state index contributed by atoms with van der Waals surface area (Å²) in [4.78, 5) is 4.72. The van der Waals surface area contributed by atoms with Crippen LogP contribution in [0.25, 0.3) is 10.9 Å². The molecule has 4 nitrogen and oxygen atoms in total. The Kier molecular flexibility index (Phi) is 3.86. The summed E-state index contributed by atoms with van der Waals surface area (Å²) in [5.41, 5.74) is 8.71. The lowest BCUT2D eigenvalue weighted by molar-refractivity contribution is 0.409. The highest BCUT2D eigenvalue weighted by Crippen LogP contribution is 2.34. The van der Waals surface area contributed by atoms with E-state index in [0.717, 1.165) is 33.7 Å². The van der Waals surface area contributed by atoms with Gasteiger partial charge in [-0.25, -0.2) is 4.98 Å². The number of nitrogens with two attached hydrogens (primary N) is 1. The van der Waals surface area contributed by atoms with Gasteiger partial charge in [-0.05, 0) is 44.5 Å². The van der Waals surface area contributed by atoms with E-state index in [2.05, 4.69) is 13.0 Å². The van der Waals surface area contributed by atoms with Crippen LogP contribution in [0.1, 0.15) is 25.1 Å². The maximum Gasteiger partial charge on any atom is 0.145 e. The van der Waals surface area contributed by atoms with E-state index in [1.165, 1.54) is 0 Å². The maximum absolute atomic E-state index is 6.09. The number of rotatable bonds is 4. The zero-order valence-electron chi connectivity index (χ0n) is 12.8. The van der Waals surface area contributed by atoms with E-state index in [-0.39, 0.29) is 5.54 Å². The minimum atomic E-state index is -0.292. The minimum Gasteiger partial charge on any atom is -0.496 e. The monoisotopic (exact) mass is 274 g/mol. The minimum absolute atomic E-state index is 0.292. The second kappa shape index (κ2) is 5.29. The molecule has 108 valence electrons. The number of benzene rings is 1. The van der Waals surface area contributed by atoms with E-state index in [4.69, 9.17) is 20.2 Å². The van der Waals surface area contributed by atoms with Crippen LogP contribution < -0.4 is 15.2 Å². The molecule has 2 rings (SSSR count). The molecule has 1 heterocycles. The fourth-order valence-electron chi connectivity index (χ4n) is 2.44. The molecule has 2 N–H and O–H groups in total. The number of nitrogens with zero attached hydrogens (tertiary/aromatic N) is 1. The van der Waals surface area contributed by atoms with Crippen LogP contribution in [0.15, 0.2) is 18.2 Å². The first-order valence-electron chi connectivity index (χ1n) is 6.66. The molecule has 0 saturated carbocycles. The van der Waals surface area contributed by atoms with Crippen LogP contribution in [-0.2, 0) is 6.42 Å². The highest BCUT2D eigenvalue weighted by atomic mass is 16.5. The van der Waals surface area contributed by atoms with Gasteiger partial charge in [-0.3, -0.25) is 0 Å². The smallest absolute Gasteiger partial charge is 0.145 e. The molecule has 0 aliphatic rings. The Morgan fingerprint density at radius 2 is 1.75 bits per heavy atom. The lowest BCUT2D eigenvalue weighted by atomic mass is 9.97. The first-order valence-corrected chi connectivity index (χ1v) is 6.66. The van der Waals surface area contributed by atoms with E-state index in [1.807, 2.05) is 26.0 Å². The summed E-state index contributed by atoms with van der Waals surface area (Å²) >= 11 is 0. The van der Waals surface area contributed by atoms with Crippen molar-refractivity contribution in [1.29, 1.82) is 0 Å². The van der Waals surface area contributed by atoms with Crippen molar-refractivity contribution >= 4 is 10.9 Å². The number of hydrogen-bond acceptors (Lipinski definition) is 4. The van der Waals surface area contributed by atoms with Crippen molar-refractivity contribution in [2.24, 2.45) is 5.73 Å². The number of hydrogen-bond donors (Lipinski definition) is 1. The number of methoxy groups -OCH3 is 2. The number of pyridine rings is 1. The zero-order valence-corrected chi connectivity index (χ0v) is 12.8. The van der Waals surface area contributed by atoms with Gasteiger partial charge in [0.05, 0.1) is 14.2 Å². The molecule has 1 aromatic heterocycles. The topological polar surface area (TPSA) is 57.4 Å². The highest BCUT2D eigenvalue weighted by Gasteiger charge is 2.17. The second-order valence-corrected chi connectivity index (χ2v) is 5.79. The van der Waals surface area contributed by atoms with Crippen LogP contribution in [0.5, 0.6) is 11.5 Å². The predicted octanol–water partition coefficient (Wildman–Crippen LogP) is 2.84. The number of aromatic nitrogens is 1. The normalized spacial score (nSPS) is 11.7. The van der Waals surface area contributed by atoms with Crippen molar-refractivity contribution in [2.75, 3.05) is 14.2 Å². The summed E-state index contributed by atoms with van der Waals surface area (Å²) in [6.07, 6.45) is 0.712. The van der Waals surface area contributed by atoms with Crippen LogP contribution in [0, 0.1) is 6.92 Å². The van der Waals surface area contributed by atoms with Crippen LogP contribution in [0.2, 0.25) is 0 Å². The van der Waals surface area contributed by atoms with Gasteiger partial charge < -0.3 is 15.2 Å². The lowest BCUT2D eigenvalue weighted by Crippen LogP contribution is -2.34. The average molecular weight is 274 g/mol. The van der Waals surface area contributed by atoms with Gasteiger partial charge in [0.2, 0.25) is 0 Å². The van der Waals surface area contributed by atoms with E-state index in [1.54, 1.807) is 14.2 Å². The average Bonchev–Trinajstić information content (AvgIpc) is 2.35. The van der Waals surface area contributed by atoms with Crippen molar-refractivity contribution in [2.45, 2.75) is 32.7 Å². The fraction of sp³-hybridized carbons (Fsp3) is 0.438. The molecule has 0 aliphatic carbocycles. The molecular weight excluding hydrogens is 252 g/mol. The Morgan fingerprint density at radius 1 is 1.15 bits per heavy atom. The first-order chi connectivity index (χ1) is 9.35. The van der Waals surface area contributed by atoms with Crippen molar-refractivity contribution in [3.63, 3.8) is 0 Å². The molecule has 0 aliphatic heterocycles. The largest absolute Gasteiger partial charge is 0.496 e. The van der Waals surface area contributed by atoms with E-state index >= 15 is 0 Å². The van der Waals surface area contributed by atoms with Gasteiger partial charge in [-0.15, -0.1) is 0 Å². The molecule has 0 unspecified atom stereocenters. The van der Waals surface area contributed by atoms with Crippen LogP contribution in [0.4, 0.5) is 0 Å². The summed E-state index contributed by atoms with van der Waals surface area (Å²) in [5.74, 6) is 1.56. The molecule has 0 atom stereocenters. The van der Waals surface area contributed by atoms with Gasteiger partial charge in [-0.1, -0.05) is 0 Å². The highest BCUT2D eigenvalue weighted by molar-refractivity contribution is 5.92. The molecule has 0 fully saturated rings. The number of fused-ring (bicyclic) bond motifs is 1. The van der Waals surface area contributed by atoms with E-state index in [9.17, 15) is 0 Å². The van der Waals surface area contributed by atoms with Gasteiger partial charge in [-0.2, -0.15) is 0 Å². The first kappa shape index (κ1) is 14.6. The predicted molar refractivity (Wildman–Crippen MR) is 81.6 cm³/mol. The van der Waals surface area contributed by atoms with Gasteiger partial charge in [0.15, 0.2) is 0 Å². The Bertz CT molecular complexity index is 630. The van der Waals surface area contributed by atoms with Crippen molar-refractivity contribution in [3.8, 4) is 11.5 Å². The third kappa shape index (κ3) is 2.85. The van der Waals surface area contributed by atoms with Crippen molar-refractivity contribution < 1.29 is 9.47 Å². The maximum atomic E-state index is 6.09. The van der Waals surface area contributed by atoms with Gasteiger partial charge in [0, 0.05) is 23.0 Å². The van der Waals surface area contributed by atoms with Crippen molar-refractivity contribution in [1.82, 2.24) is 4.98 Å². The van der Waals surface area contributed by atoms with Crippen LogP contribution in [-0.4, -0.2) is 24.7 Å². The number of ether oxygens (including phenoxy) is 2. The van der Waals surface area contributed by atoms with Crippen molar-refractivity contribution in [3.05, 3.63) is 29.5 Å². The standard InChI is InChI=1S/C16H22N2O2/c1-10-8-11(9-16(2,3)17)18-15-13(20-5)7-6-12(19-4)14(10)15/h6-8H,9,17H2,1-5H3. The van der Waals surface area contributed by atoms with Gasteiger partial charge in [0.25, 0.3) is 0 Å². The number of aryl methyl sites for hydroxylation is 1. The van der Waals surface area contributed by atoms with Crippen LogP contribution in [0.3, 0.4) is 0 Å². The SMILES string of the molecule is COc1ccc(OC)c2c(C)cc(CC(C)(C)N)nc12. The third-order valence-electron chi connectivity index (χ3n) is 3.21. The summed E-state index contributed by atoms with van der Waals surface area (Å²) in [7, 11) is 3.31. The lowest BCUT2D eigenvalue weighted by Gasteiger charge is -2.19. The fourth-order valence-corrected chi connectivity index (χ4v) is 2.44. The molecule has 0 spiro atoms. The van der Waals surface area contributed by atoms with E-state index in [0.29, 0.717) is 6.42 Å². The molecule has 0 amide bonds. The Balaban J connectivity index is 2.69. The molecule has 0 radical (unpaired) electrons. The van der Waals surface area contributed by atoms with Gasteiger partial charge in [0.1, 0.15) is 17.0 Å². The van der Waals surface area contributed by atoms with E-state index < -0.39 is 0 Å². The zero-order chi connectivity index (χ0) is 14.9. The molecule has 2 aromatic rings. The summed E-state index contributed by atoms with van der Waals surface area (Å²) < 4.78 is 10.8. The molecular formula is C16H22N2O2. The Labute approximate surface area is 119 Å². The molecule has 20 heavy (non-hydrogen) atoms. The second-order valence-electron chi connectivity index (χ2n) is 5.79. The molecule has 0 saturated heterocycles. The molecule has 4 heteroatoms. The van der Waals surface area contributed by atoms with Crippen LogP contribution >= 0.6 is 0 Å². The molecule has 1 aromatic carbocycles. The quantitative estimate of drug-likeness (QED) is 0.931. The Hall–Kier alpha value is -1.81. The Morgan fingerprint density at radius 3 is 2.30 bits per heavy atom. The summed E-state index contributed by atoms with van der Waals surface area (Å²) in [6, 6.07) is 5.85. The van der Waals surface area contributed by atoms with Gasteiger partial charge >= 0.3 is 0 Å². The summed E-state index contributed by atoms with van der Waals surface area (Å²) in [5, 5.41) is 0.991.